The van der Waals surface area contributed by atoms with Crippen molar-refractivity contribution in [2.24, 2.45) is 5.92 Å². The van der Waals surface area contributed by atoms with Gasteiger partial charge in [0.15, 0.2) is 0 Å². The van der Waals surface area contributed by atoms with E-state index >= 15 is 0 Å². The molecule has 2 aromatic rings. The highest BCUT2D eigenvalue weighted by molar-refractivity contribution is 5.78. The van der Waals surface area contributed by atoms with Gasteiger partial charge in [-0.15, -0.1) is 0 Å². The molecule has 1 aromatic heterocycles. The van der Waals surface area contributed by atoms with Crippen LogP contribution in [0.15, 0.2) is 54.6 Å². The molecule has 0 atom stereocenters. The van der Waals surface area contributed by atoms with Crippen LogP contribution in [-0.2, 0) is 24.2 Å². The first-order valence-corrected chi connectivity index (χ1v) is 10.5. The number of para-hydroxylation sites is 1. The molecule has 4 rings (SSSR count). The maximum Gasteiger partial charge on any atom is 0.224 e. The van der Waals surface area contributed by atoms with Gasteiger partial charge in [0, 0.05) is 43.0 Å². The average molecular weight is 392 g/mol. The van der Waals surface area contributed by atoms with Crippen molar-refractivity contribution in [1.82, 2.24) is 15.2 Å². The van der Waals surface area contributed by atoms with Crippen LogP contribution in [-0.4, -0.2) is 35.4 Å². The number of benzene rings is 1. The Labute approximate surface area is 172 Å². The predicted molar refractivity (Wildman–Crippen MR) is 113 cm³/mol. The summed E-state index contributed by atoms with van der Waals surface area (Å²) in [6.07, 6.45) is 9.07. The summed E-state index contributed by atoms with van der Waals surface area (Å²) < 4.78 is 6.05. The van der Waals surface area contributed by atoms with Gasteiger partial charge in [-0.1, -0.05) is 18.2 Å². The SMILES string of the molecule is C/C=C1\Cc2cccc(CN3CCC(CNC(=O)Cc4ccncc4)CC3)c2O1. The Morgan fingerprint density at radius 1 is 1.24 bits per heavy atom. The van der Waals surface area contributed by atoms with E-state index < -0.39 is 0 Å². The number of allylic oxidation sites excluding steroid dienone is 2. The molecule has 1 saturated heterocycles. The first kappa shape index (κ1) is 19.6. The lowest BCUT2D eigenvalue weighted by Gasteiger charge is -2.32. The molecule has 2 aliphatic heterocycles. The summed E-state index contributed by atoms with van der Waals surface area (Å²) in [6.45, 7) is 5.85. The summed E-state index contributed by atoms with van der Waals surface area (Å²) in [6, 6.07) is 10.3. The predicted octanol–water partition coefficient (Wildman–Crippen LogP) is 3.49. The highest BCUT2D eigenvalue weighted by Gasteiger charge is 2.24. The van der Waals surface area contributed by atoms with Gasteiger partial charge in [0.2, 0.25) is 5.91 Å². The zero-order chi connectivity index (χ0) is 20.1. The third-order valence-corrected chi connectivity index (χ3v) is 5.90. The van der Waals surface area contributed by atoms with Gasteiger partial charge in [-0.05, 0) is 62.5 Å². The maximum atomic E-state index is 12.2. The number of rotatable bonds is 6. The van der Waals surface area contributed by atoms with Crippen molar-refractivity contribution in [1.29, 1.82) is 0 Å². The van der Waals surface area contributed by atoms with Gasteiger partial charge in [0.1, 0.15) is 11.5 Å². The van der Waals surface area contributed by atoms with E-state index in [1.807, 2.05) is 19.1 Å². The Morgan fingerprint density at radius 3 is 2.79 bits per heavy atom. The Bertz CT molecular complexity index is 871. The number of piperidine rings is 1. The molecule has 0 saturated carbocycles. The molecule has 29 heavy (non-hydrogen) atoms. The van der Waals surface area contributed by atoms with Crippen molar-refractivity contribution in [3.8, 4) is 5.75 Å². The largest absolute Gasteiger partial charge is 0.461 e. The van der Waals surface area contributed by atoms with E-state index in [9.17, 15) is 4.79 Å². The summed E-state index contributed by atoms with van der Waals surface area (Å²) in [7, 11) is 0. The third-order valence-electron chi connectivity index (χ3n) is 5.90. The molecule has 1 amide bonds. The van der Waals surface area contributed by atoms with Crippen molar-refractivity contribution < 1.29 is 9.53 Å². The molecule has 0 aliphatic carbocycles. The zero-order valence-corrected chi connectivity index (χ0v) is 17.1. The number of nitrogens with zero attached hydrogens (tertiary/aromatic N) is 2. The first-order valence-electron chi connectivity index (χ1n) is 10.5. The summed E-state index contributed by atoms with van der Waals surface area (Å²) in [5, 5.41) is 3.11. The van der Waals surface area contributed by atoms with Crippen LogP contribution < -0.4 is 10.1 Å². The van der Waals surface area contributed by atoms with E-state index in [0.29, 0.717) is 12.3 Å². The van der Waals surface area contributed by atoms with Crippen LogP contribution in [0.4, 0.5) is 0 Å². The number of fused-ring (bicyclic) bond motifs is 1. The molecule has 0 unspecified atom stereocenters. The molecule has 0 bridgehead atoms. The second-order valence-electron chi connectivity index (χ2n) is 8.00. The van der Waals surface area contributed by atoms with E-state index in [0.717, 1.165) is 62.5 Å². The summed E-state index contributed by atoms with van der Waals surface area (Å²) in [5.74, 6) is 2.76. The van der Waals surface area contributed by atoms with Crippen LogP contribution in [0, 0.1) is 5.92 Å². The number of pyridine rings is 1. The van der Waals surface area contributed by atoms with Crippen molar-refractivity contribution in [2.45, 2.75) is 39.2 Å². The van der Waals surface area contributed by atoms with Gasteiger partial charge in [0.05, 0.1) is 6.42 Å². The number of carbonyl (C=O) groups is 1. The molecule has 152 valence electrons. The van der Waals surface area contributed by atoms with Gasteiger partial charge in [0.25, 0.3) is 0 Å². The van der Waals surface area contributed by atoms with Gasteiger partial charge < -0.3 is 10.1 Å². The topological polar surface area (TPSA) is 54.5 Å². The van der Waals surface area contributed by atoms with Crippen LogP contribution in [0.2, 0.25) is 0 Å². The molecule has 5 nitrogen and oxygen atoms in total. The highest BCUT2D eigenvalue weighted by atomic mass is 16.5. The molecule has 2 aliphatic rings. The van der Waals surface area contributed by atoms with E-state index in [-0.39, 0.29) is 5.91 Å². The van der Waals surface area contributed by atoms with Gasteiger partial charge in [-0.25, -0.2) is 0 Å². The van der Waals surface area contributed by atoms with Crippen LogP contribution >= 0.6 is 0 Å². The fraction of sp³-hybridized carbons (Fsp3) is 0.417. The van der Waals surface area contributed by atoms with Crippen molar-refractivity contribution in [2.75, 3.05) is 19.6 Å². The summed E-state index contributed by atoms with van der Waals surface area (Å²) in [5.41, 5.74) is 3.58. The number of amides is 1. The minimum atomic E-state index is 0.0930. The lowest BCUT2D eigenvalue weighted by molar-refractivity contribution is -0.120. The Hall–Kier alpha value is -2.66. The fourth-order valence-corrected chi connectivity index (χ4v) is 4.14. The Balaban J connectivity index is 1.23. The standard InChI is InChI=1S/C24H29N3O2/c1-2-22-15-20-4-3-5-21(24(20)29-22)17-27-12-8-19(9-13-27)16-26-23(28)14-18-6-10-25-11-7-18/h2-7,10-11,19H,8-9,12-17H2,1H3,(H,26,28)/b22-2+. The quantitative estimate of drug-likeness (QED) is 0.819. The summed E-state index contributed by atoms with van der Waals surface area (Å²) in [4.78, 5) is 18.7. The molecule has 1 fully saturated rings. The molecule has 1 aromatic carbocycles. The Morgan fingerprint density at radius 2 is 2.03 bits per heavy atom. The zero-order valence-electron chi connectivity index (χ0n) is 17.1. The van der Waals surface area contributed by atoms with Crippen molar-refractivity contribution in [3.63, 3.8) is 0 Å². The van der Waals surface area contributed by atoms with E-state index in [1.165, 1.54) is 11.1 Å². The minimum Gasteiger partial charge on any atom is -0.461 e. The first-order chi connectivity index (χ1) is 14.2. The van der Waals surface area contributed by atoms with Crippen LogP contribution in [0.25, 0.3) is 0 Å². The second-order valence-corrected chi connectivity index (χ2v) is 8.00. The third kappa shape index (κ3) is 5.04. The number of hydrogen-bond donors (Lipinski definition) is 1. The van der Waals surface area contributed by atoms with Crippen LogP contribution in [0.3, 0.4) is 0 Å². The molecular weight excluding hydrogens is 362 g/mol. The number of aromatic nitrogens is 1. The highest BCUT2D eigenvalue weighted by Crippen LogP contribution is 2.35. The number of hydrogen-bond acceptors (Lipinski definition) is 4. The number of likely N-dealkylation sites (tertiary alicyclic amines) is 1. The summed E-state index contributed by atoms with van der Waals surface area (Å²) >= 11 is 0. The van der Waals surface area contributed by atoms with Gasteiger partial charge in [-0.3, -0.25) is 14.7 Å². The van der Waals surface area contributed by atoms with E-state index in [2.05, 4.69) is 39.5 Å². The van der Waals surface area contributed by atoms with Crippen molar-refractivity contribution >= 4 is 5.91 Å². The normalized spacial score (nSPS) is 18.4. The molecule has 0 radical (unpaired) electrons. The maximum absolute atomic E-state index is 12.2. The second kappa shape index (κ2) is 9.23. The molecule has 3 heterocycles. The molecule has 5 heteroatoms. The number of nitrogens with one attached hydrogen (secondary N) is 1. The van der Waals surface area contributed by atoms with Gasteiger partial charge in [-0.2, -0.15) is 0 Å². The van der Waals surface area contributed by atoms with E-state index in [1.54, 1.807) is 12.4 Å². The smallest absolute Gasteiger partial charge is 0.224 e. The fourth-order valence-electron chi connectivity index (χ4n) is 4.14. The number of ether oxygens (including phenoxy) is 1. The van der Waals surface area contributed by atoms with Crippen LogP contribution in [0.5, 0.6) is 5.75 Å². The van der Waals surface area contributed by atoms with Gasteiger partial charge >= 0.3 is 0 Å². The Kier molecular flexibility index (Phi) is 6.25. The molecule has 1 N–H and O–H groups in total. The average Bonchev–Trinajstić information content (AvgIpc) is 3.19. The lowest BCUT2D eigenvalue weighted by atomic mass is 9.96. The lowest BCUT2D eigenvalue weighted by Crippen LogP contribution is -2.38. The monoisotopic (exact) mass is 391 g/mol. The molecule has 0 spiro atoms. The molecular formula is C24H29N3O2. The van der Waals surface area contributed by atoms with Crippen molar-refractivity contribution in [3.05, 3.63) is 71.3 Å². The number of carbonyl (C=O) groups excluding carboxylic acids is 1. The van der Waals surface area contributed by atoms with Crippen LogP contribution in [0.1, 0.15) is 36.5 Å². The van der Waals surface area contributed by atoms with E-state index in [4.69, 9.17) is 4.74 Å². The minimum absolute atomic E-state index is 0.0930.